The summed E-state index contributed by atoms with van der Waals surface area (Å²) in [6, 6.07) is 9.27. The molecule has 1 aliphatic heterocycles. The number of hydrogen-bond acceptors (Lipinski definition) is 7. The molecule has 0 saturated heterocycles. The molecular weight excluding hydrogens is 354 g/mol. The number of anilines is 2. The molecule has 0 saturated carbocycles. The van der Waals surface area contributed by atoms with Gasteiger partial charge in [0.1, 0.15) is 5.69 Å². The van der Waals surface area contributed by atoms with Crippen LogP contribution in [-0.4, -0.2) is 30.0 Å². The van der Waals surface area contributed by atoms with Crippen molar-refractivity contribution >= 4 is 28.8 Å². The van der Waals surface area contributed by atoms with Crippen LogP contribution in [0, 0.1) is 10.1 Å². The smallest absolute Gasteiger partial charge is 0.292 e. The summed E-state index contributed by atoms with van der Waals surface area (Å²) in [5.74, 6) is 0.341. The summed E-state index contributed by atoms with van der Waals surface area (Å²) in [5, 5.41) is 16.5. The van der Waals surface area contributed by atoms with Gasteiger partial charge >= 0.3 is 0 Å². The second-order valence-corrected chi connectivity index (χ2v) is 5.81. The molecule has 9 nitrogen and oxygen atoms in total. The van der Waals surface area contributed by atoms with Crippen LogP contribution in [0.3, 0.4) is 0 Å². The largest absolute Gasteiger partial charge is 0.454 e. The molecule has 1 aliphatic rings. The van der Waals surface area contributed by atoms with E-state index >= 15 is 0 Å². The van der Waals surface area contributed by atoms with Crippen molar-refractivity contribution in [2.24, 2.45) is 0 Å². The molecule has 0 radical (unpaired) electrons. The predicted molar refractivity (Wildman–Crippen MR) is 97.4 cm³/mol. The summed E-state index contributed by atoms with van der Waals surface area (Å²) >= 11 is 0. The molecule has 1 amide bonds. The summed E-state index contributed by atoms with van der Waals surface area (Å²) in [6.07, 6.45) is 0.0534. The average Bonchev–Trinajstić information content (AvgIpc) is 3.08. The minimum Gasteiger partial charge on any atom is -0.454 e. The van der Waals surface area contributed by atoms with Crippen molar-refractivity contribution in [3.05, 3.63) is 52.1 Å². The van der Waals surface area contributed by atoms with E-state index in [1.54, 1.807) is 24.3 Å². The van der Waals surface area contributed by atoms with E-state index in [0.717, 1.165) is 0 Å². The third-order valence-electron chi connectivity index (χ3n) is 3.93. The van der Waals surface area contributed by atoms with Crippen LogP contribution in [0.4, 0.5) is 17.1 Å². The molecule has 3 rings (SSSR count). The van der Waals surface area contributed by atoms with E-state index in [2.05, 4.69) is 10.6 Å². The molecule has 2 aromatic rings. The number of fused-ring (bicyclic) bond motifs is 1. The fourth-order valence-corrected chi connectivity index (χ4v) is 2.64. The van der Waals surface area contributed by atoms with Gasteiger partial charge in [0.25, 0.3) is 5.69 Å². The molecule has 0 aliphatic carbocycles. The number of Topliss-reactive ketones (excluding diaryl/α,β-unsaturated/α-hetero) is 1. The van der Waals surface area contributed by atoms with E-state index in [1.165, 1.54) is 19.1 Å². The van der Waals surface area contributed by atoms with Gasteiger partial charge in [0, 0.05) is 30.7 Å². The Balaban J connectivity index is 1.64. The zero-order valence-corrected chi connectivity index (χ0v) is 14.5. The van der Waals surface area contributed by atoms with Crippen molar-refractivity contribution in [3.8, 4) is 11.5 Å². The topological polar surface area (TPSA) is 120 Å². The number of nitro groups is 1. The number of nitrogens with zero attached hydrogens (tertiary/aromatic N) is 1. The maximum absolute atomic E-state index is 12.2. The second kappa shape index (κ2) is 7.73. The van der Waals surface area contributed by atoms with Crippen molar-refractivity contribution in [1.82, 2.24) is 0 Å². The second-order valence-electron chi connectivity index (χ2n) is 5.81. The summed E-state index contributed by atoms with van der Waals surface area (Å²) in [7, 11) is 0. The summed E-state index contributed by atoms with van der Waals surface area (Å²) in [4.78, 5) is 34.5. The van der Waals surface area contributed by atoms with Crippen LogP contribution in [0.25, 0.3) is 0 Å². The van der Waals surface area contributed by atoms with Gasteiger partial charge in [-0.25, -0.2) is 0 Å². The van der Waals surface area contributed by atoms with E-state index in [0.29, 0.717) is 28.4 Å². The molecule has 0 bridgehead atoms. The lowest BCUT2D eigenvalue weighted by Gasteiger charge is -2.11. The SMILES string of the molecule is CC(=O)c1cc2c(cc1NC(=O)CCNc1ccccc1[N+](=O)[O-])OCO2. The molecule has 1 heterocycles. The van der Waals surface area contributed by atoms with Gasteiger partial charge in [0.2, 0.25) is 12.7 Å². The van der Waals surface area contributed by atoms with Crippen LogP contribution >= 0.6 is 0 Å². The lowest BCUT2D eigenvalue weighted by Crippen LogP contribution is -2.18. The maximum atomic E-state index is 12.2. The third kappa shape index (κ3) is 4.14. The van der Waals surface area contributed by atoms with Crippen molar-refractivity contribution in [2.45, 2.75) is 13.3 Å². The molecule has 0 fully saturated rings. The average molecular weight is 371 g/mol. The van der Waals surface area contributed by atoms with Crippen molar-refractivity contribution in [1.29, 1.82) is 0 Å². The molecule has 0 spiro atoms. The summed E-state index contributed by atoms with van der Waals surface area (Å²) in [5.41, 5.74) is 0.928. The zero-order valence-electron chi connectivity index (χ0n) is 14.5. The minimum absolute atomic E-state index is 0.0534. The number of carbonyl (C=O) groups excluding carboxylic acids is 2. The number of carbonyl (C=O) groups is 2. The first-order valence-electron chi connectivity index (χ1n) is 8.17. The lowest BCUT2D eigenvalue weighted by molar-refractivity contribution is -0.384. The fraction of sp³-hybridized carbons (Fsp3) is 0.222. The Bertz CT molecular complexity index is 912. The van der Waals surface area contributed by atoms with E-state index in [1.807, 2.05) is 0 Å². The van der Waals surface area contributed by atoms with Crippen LogP contribution in [0.2, 0.25) is 0 Å². The molecule has 9 heteroatoms. The molecule has 2 N–H and O–H groups in total. The van der Waals surface area contributed by atoms with Gasteiger partial charge in [-0.3, -0.25) is 19.7 Å². The van der Waals surface area contributed by atoms with Crippen LogP contribution in [0.1, 0.15) is 23.7 Å². The number of hydrogen-bond donors (Lipinski definition) is 2. The number of rotatable bonds is 7. The first kappa shape index (κ1) is 18.2. The number of benzene rings is 2. The lowest BCUT2D eigenvalue weighted by atomic mass is 10.1. The maximum Gasteiger partial charge on any atom is 0.292 e. The number of amides is 1. The van der Waals surface area contributed by atoms with Crippen LogP contribution < -0.4 is 20.1 Å². The van der Waals surface area contributed by atoms with Crippen LogP contribution in [0.5, 0.6) is 11.5 Å². The molecule has 0 aromatic heterocycles. The highest BCUT2D eigenvalue weighted by molar-refractivity contribution is 6.04. The fourth-order valence-electron chi connectivity index (χ4n) is 2.64. The summed E-state index contributed by atoms with van der Waals surface area (Å²) < 4.78 is 10.5. The Hall–Kier alpha value is -3.62. The van der Waals surface area contributed by atoms with Gasteiger partial charge in [-0.15, -0.1) is 0 Å². The third-order valence-corrected chi connectivity index (χ3v) is 3.93. The normalized spacial score (nSPS) is 11.7. The van der Waals surface area contributed by atoms with Gasteiger partial charge in [0.15, 0.2) is 17.3 Å². The Morgan fingerprint density at radius 3 is 2.56 bits per heavy atom. The Morgan fingerprint density at radius 2 is 1.85 bits per heavy atom. The minimum atomic E-state index is -0.492. The predicted octanol–water partition coefficient (Wildman–Crippen LogP) is 2.97. The van der Waals surface area contributed by atoms with E-state index in [9.17, 15) is 19.7 Å². The number of ether oxygens (including phenoxy) is 2. The molecule has 2 aromatic carbocycles. The first-order valence-corrected chi connectivity index (χ1v) is 8.17. The van der Waals surface area contributed by atoms with Gasteiger partial charge in [-0.2, -0.15) is 0 Å². The molecule has 140 valence electrons. The quantitative estimate of drug-likeness (QED) is 0.436. The zero-order chi connectivity index (χ0) is 19.4. The highest BCUT2D eigenvalue weighted by Crippen LogP contribution is 2.37. The number of para-hydroxylation sites is 2. The Kier molecular flexibility index (Phi) is 5.20. The van der Waals surface area contributed by atoms with E-state index < -0.39 is 4.92 Å². The van der Waals surface area contributed by atoms with Gasteiger partial charge < -0.3 is 20.1 Å². The Morgan fingerprint density at radius 1 is 1.15 bits per heavy atom. The standard InChI is InChI=1S/C18H17N3O6/c1-11(22)12-8-16-17(27-10-26-16)9-14(12)20-18(23)6-7-19-13-4-2-3-5-15(13)21(24)25/h2-5,8-9,19H,6-7,10H2,1H3,(H,20,23). The van der Waals surface area contributed by atoms with Gasteiger partial charge in [-0.1, -0.05) is 12.1 Å². The molecule has 27 heavy (non-hydrogen) atoms. The van der Waals surface area contributed by atoms with Crippen molar-refractivity contribution in [2.75, 3.05) is 24.0 Å². The van der Waals surface area contributed by atoms with Crippen molar-refractivity contribution < 1.29 is 24.0 Å². The van der Waals surface area contributed by atoms with Crippen molar-refractivity contribution in [3.63, 3.8) is 0 Å². The van der Waals surface area contributed by atoms with Gasteiger partial charge in [-0.05, 0) is 19.1 Å². The molecule has 0 unspecified atom stereocenters. The monoisotopic (exact) mass is 371 g/mol. The molecular formula is C18H17N3O6. The number of nitro benzene ring substituents is 1. The first-order chi connectivity index (χ1) is 13.0. The van der Waals surface area contributed by atoms with E-state index in [-0.39, 0.29) is 37.1 Å². The van der Waals surface area contributed by atoms with Crippen LogP contribution in [0.15, 0.2) is 36.4 Å². The molecule has 0 atom stereocenters. The van der Waals surface area contributed by atoms with Crippen LogP contribution in [-0.2, 0) is 4.79 Å². The number of nitrogens with one attached hydrogen (secondary N) is 2. The Labute approximate surface area is 154 Å². The highest BCUT2D eigenvalue weighted by atomic mass is 16.7. The summed E-state index contributed by atoms with van der Waals surface area (Å²) in [6.45, 7) is 1.64. The number of ketones is 1. The van der Waals surface area contributed by atoms with Gasteiger partial charge in [0.05, 0.1) is 10.6 Å². The highest BCUT2D eigenvalue weighted by Gasteiger charge is 2.20. The van der Waals surface area contributed by atoms with E-state index in [4.69, 9.17) is 9.47 Å².